The molecule has 15 heavy (non-hydrogen) atoms. The first kappa shape index (κ1) is 10.8. The van der Waals surface area contributed by atoms with E-state index in [1.54, 1.807) is 0 Å². The minimum absolute atomic E-state index is 0.266. The second-order valence-electron chi connectivity index (χ2n) is 3.97. The van der Waals surface area contributed by atoms with Gasteiger partial charge in [-0.25, -0.2) is 0 Å². The van der Waals surface area contributed by atoms with Gasteiger partial charge in [-0.15, -0.1) is 0 Å². The highest BCUT2D eigenvalue weighted by Crippen LogP contribution is 2.29. The summed E-state index contributed by atoms with van der Waals surface area (Å²) in [6.07, 6.45) is 4.58. The fraction of sp³-hybridized carbons (Fsp3) is 0.636. The zero-order valence-corrected chi connectivity index (χ0v) is 8.41. The molecular formula is C11H16O4. The number of rotatable bonds is 2. The first-order valence-corrected chi connectivity index (χ1v) is 5.22. The normalized spacial score (nSPS) is 40.6. The summed E-state index contributed by atoms with van der Waals surface area (Å²) in [5.74, 6) is 0. The van der Waals surface area contributed by atoms with Gasteiger partial charge in [0.25, 0.3) is 0 Å². The van der Waals surface area contributed by atoms with Crippen LogP contribution >= 0.6 is 0 Å². The summed E-state index contributed by atoms with van der Waals surface area (Å²) in [6.45, 7) is -0.266. The van der Waals surface area contributed by atoms with Gasteiger partial charge in [-0.2, -0.15) is 0 Å². The van der Waals surface area contributed by atoms with Gasteiger partial charge in [0.2, 0.25) is 0 Å². The Hall–Kier alpha value is -0.680. The van der Waals surface area contributed by atoms with E-state index in [1.807, 2.05) is 18.2 Å². The zero-order chi connectivity index (χ0) is 10.8. The smallest absolute Gasteiger partial charge is 0.112 e. The second kappa shape index (κ2) is 4.45. The summed E-state index contributed by atoms with van der Waals surface area (Å²) >= 11 is 0. The van der Waals surface area contributed by atoms with E-state index in [4.69, 9.17) is 9.84 Å². The highest BCUT2D eigenvalue weighted by molar-refractivity contribution is 5.24. The molecule has 0 saturated carbocycles. The number of allylic oxidation sites excluding steroid dienone is 3. The topological polar surface area (TPSA) is 69.9 Å². The Balaban J connectivity index is 2.10. The summed E-state index contributed by atoms with van der Waals surface area (Å²) in [5.41, 5.74) is 0.986. The van der Waals surface area contributed by atoms with Crippen molar-refractivity contribution in [1.29, 1.82) is 0 Å². The summed E-state index contributed by atoms with van der Waals surface area (Å²) in [7, 11) is 0. The summed E-state index contributed by atoms with van der Waals surface area (Å²) in [4.78, 5) is 0. The Morgan fingerprint density at radius 1 is 1.33 bits per heavy atom. The van der Waals surface area contributed by atoms with Crippen LogP contribution in [-0.4, -0.2) is 46.3 Å². The first-order valence-electron chi connectivity index (χ1n) is 5.22. The Morgan fingerprint density at radius 3 is 2.67 bits per heavy atom. The van der Waals surface area contributed by atoms with Gasteiger partial charge in [0.05, 0.1) is 6.61 Å². The number of ether oxygens (including phenoxy) is 1. The SMILES string of the molecule is OC[C@H]1OC(C2=CC=CCC2)[C@H](O)[C@@H]1O. The summed E-state index contributed by atoms with van der Waals surface area (Å²) in [6, 6.07) is 0. The van der Waals surface area contributed by atoms with E-state index in [2.05, 4.69) is 0 Å². The first-order chi connectivity index (χ1) is 7.24. The van der Waals surface area contributed by atoms with Crippen LogP contribution in [0.2, 0.25) is 0 Å². The van der Waals surface area contributed by atoms with E-state index in [9.17, 15) is 10.2 Å². The lowest BCUT2D eigenvalue weighted by molar-refractivity contribution is -0.0144. The van der Waals surface area contributed by atoms with Gasteiger partial charge >= 0.3 is 0 Å². The molecule has 0 radical (unpaired) electrons. The van der Waals surface area contributed by atoms with Gasteiger partial charge in [-0.05, 0) is 18.4 Å². The van der Waals surface area contributed by atoms with Gasteiger partial charge in [0.15, 0.2) is 0 Å². The van der Waals surface area contributed by atoms with E-state index in [-0.39, 0.29) is 6.61 Å². The molecule has 0 spiro atoms. The van der Waals surface area contributed by atoms with Crippen LogP contribution in [0.25, 0.3) is 0 Å². The van der Waals surface area contributed by atoms with Crippen LogP contribution in [0.3, 0.4) is 0 Å². The molecule has 0 aromatic rings. The Bertz CT molecular complexity index is 284. The Labute approximate surface area is 88.5 Å². The predicted octanol–water partition coefficient (Wildman–Crippen LogP) is -0.256. The van der Waals surface area contributed by atoms with E-state index in [0.29, 0.717) is 0 Å². The molecule has 1 saturated heterocycles. The lowest BCUT2D eigenvalue weighted by Crippen LogP contribution is -2.34. The highest BCUT2D eigenvalue weighted by Gasteiger charge is 2.43. The van der Waals surface area contributed by atoms with Crippen molar-refractivity contribution in [2.45, 2.75) is 37.3 Å². The molecule has 2 rings (SSSR count). The van der Waals surface area contributed by atoms with E-state index >= 15 is 0 Å². The van der Waals surface area contributed by atoms with Gasteiger partial charge in [0.1, 0.15) is 24.4 Å². The molecule has 0 bridgehead atoms. The molecule has 0 amide bonds. The molecule has 4 nitrogen and oxygen atoms in total. The van der Waals surface area contributed by atoms with Crippen LogP contribution < -0.4 is 0 Å². The molecule has 1 heterocycles. The van der Waals surface area contributed by atoms with Crippen LogP contribution in [0.5, 0.6) is 0 Å². The minimum Gasteiger partial charge on any atom is -0.394 e. The molecule has 1 aliphatic carbocycles. The number of aliphatic hydroxyl groups excluding tert-OH is 3. The number of hydrogen-bond acceptors (Lipinski definition) is 4. The molecule has 0 aromatic heterocycles. The van der Waals surface area contributed by atoms with Crippen LogP contribution in [0.15, 0.2) is 23.8 Å². The van der Waals surface area contributed by atoms with Gasteiger partial charge in [-0.3, -0.25) is 0 Å². The van der Waals surface area contributed by atoms with Crippen LogP contribution in [0.4, 0.5) is 0 Å². The second-order valence-corrected chi connectivity index (χ2v) is 3.97. The third-order valence-corrected chi connectivity index (χ3v) is 2.95. The average Bonchev–Trinajstić information content (AvgIpc) is 2.57. The van der Waals surface area contributed by atoms with Crippen molar-refractivity contribution in [3.8, 4) is 0 Å². The molecule has 4 heteroatoms. The monoisotopic (exact) mass is 212 g/mol. The van der Waals surface area contributed by atoms with Crippen molar-refractivity contribution in [3.05, 3.63) is 23.8 Å². The quantitative estimate of drug-likeness (QED) is 0.590. The maximum atomic E-state index is 9.76. The average molecular weight is 212 g/mol. The van der Waals surface area contributed by atoms with E-state index in [0.717, 1.165) is 18.4 Å². The molecule has 84 valence electrons. The Morgan fingerprint density at radius 2 is 2.13 bits per heavy atom. The van der Waals surface area contributed by atoms with Crippen LogP contribution in [0.1, 0.15) is 12.8 Å². The van der Waals surface area contributed by atoms with Crippen molar-refractivity contribution in [2.24, 2.45) is 0 Å². The molecule has 2 aliphatic rings. The lowest BCUT2D eigenvalue weighted by atomic mass is 9.95. The van der Waals surface area contributed by atoms with Gasteiger partial charge < -0.3 is 20.1 Å². The van der Waals surface area contributed by atoms with Crippen molar-refractivity contribution >= 4 is 0 Å². The molecule has 3 N–H and O–H groups in total. The van der Waals surface area contributed by atoms with Crippen molar-refractivity contribution in [3.63, 3.8) is 0 Å². The maximum absolute atomic E-state index is 9.76. The third kappa shape index (κ3) is 1.99. The van der Waals surface area contributed by atoms with Crippen LogP contribution in [0, 0.1) is 0 Å². The largest absolute Gasteiger partial charge is 0.394 e. The van der Waals surface area contributed by atoms with E-state index < -0.39 is 24.4 Å². The van der Waals surface area contributed by atoms with Gasteiger partial charge in [0, 0.05) is 0 Å². The predicted molar refractivity (Wildman–Crippen MR) is 54.2 cm³/mol. The maximum Gasteiger partial charge on any atom is 0.112 e. The molecular weight excluding hydrogens is 196 g/mol. The van der Waals surface area contributed by atoms with Crippen molar-refractivity contribution in [1.82, 2.24) is 0 Å². The fourth-order valence-corrected chi connectivity index (χ4v) is 2.06. The molecule has 1 aliphatic heterocycles. The fourth-order valence-electron chi connectivity index (χ4n) is 2.06. The minimum atomic E-state index is -0.994. The van der Waals surface area contributed by atoms with Crippen molar-refractivity contribution in [2.75, 3.05) is 6.61 Å². The van der Waals surface area contributed by atoms with Crippen LogP contribution in [-0.2, 0) is 4.74 Å². The summed E-state index contributed by atoms with van der Waals surface area (Å²) < 4.78 is 5.42. The molecule has 1 unspecified atom stereocenters. The third-order valence-electron chi connectivity index (χ3n) is 2.95. The summed E-state index contributed by atoms with van der Waals surface area (Å²) in [5, 5.41) is 28.3. The van der Waals surface area contributed by atoms with Gasteiger partial charge in [-0.1, -0.05) is 18.2 Å². The lowest BCUT2D eigenvalue weighted by Gasteiger charge is -2.19. The standard InChI is InChI=1S/C11H16O4/c12-6-8-9(13)10(14)11(15-8)7-4-2-1-3-5-7/h1-2,4,8-14H,3,5-6H2/t8-,9-,10-,11?/m1/s1. The number of hydrogen-bond donors (Lipinski definition) is 3. The molecule has 0 aromatic carbocycles. The van der Waals surface area contributed by atoms with Crippen molar-refractivity contribution < 1.29 is 20.1 Å². The van der Waals surface area contributed by atoms with E-state index in [1.165, 1.54) is 0 Å². The number of aliphatic hydroxyl groups is 3. The zero-order valence-electron chi connectivity index (χ0n) is 8.41. The molecule has 1 fully saturated rings. The Kier molecular flexibility index (Phi) is 3.21. The highest BCUT2D eigenvalue weighted by atomic mass is 16.6. The molecule has 4 atom stereocenters.